The third kappa shape index (κ3) is 7.87. The number of hydrogen-bond acceptors (Lipinski definition) is 3. The van der Waals surface area contributed by atoms with E-state index in [1.165, 1.54) is 0 Å². The standard InChI is InChI=1S/C14H17BrCl2N2O3/c15-10-3-4-12(11(17)8-10)22-7-1-2-13(20)18-5-6-19-14(21)9-16/h3-4,8H,1-2,5-7,9H2,(H,18,20)(H,19,21). The fourth-order valence-electron chi connectivity index (χ4n) is 1.55. The molecule has 1 rings (SSSR count). The van der Waals surface area contributed by atoms with E-state index in [1.807, 2.05) is 6.07 Å². The van der Waals surface area contributed by atoms with E-state index in [9.17, 15) is 9.59 Å². The first-order valence-corrected chi connectivity index (χ1v) is 8.40. The van der Waals surface area contributed by atoms with E-state index >= 15 is 0 Å². The second kappa shape index (κ2) is 10.7. The maximum atomic E-state index is 11.5. The Morgan fingerprint density at radius 2 is 1.86 bits per heavy atom. The molecule has 0 bridgehead atoms. The Morgan fingerprint density at radius 3 is 2.50 bits per heavy atom. The van der Waals surface area contributed by atoms with Crippen LogP contribution in [0.1, 0.15) is 12.8 Å². The Labute approximate surface area is 147 Å². The quantitative estimate of drug-likeness (QED) is 0.485. The largest absolute Gasteiger partial charge is 0.492 e. The Balaban J connectivity index is 2.11. The topological polar surface area (TPSA) is 67.4 Å². The second-order valence-corrected chi connectivity index (χ2v) is 5.95. The van der Waals surface area contributed by atoms with Crippen LogP contribution in [0.5, 0.6) is 5.75 Å². The summed E-state index contributed by atoms with van der Waals surface area (Å²) in [5.74, 6) is 0.166. The van der Waals surface area contributed by atoms with Crippen molar-refractivity contribution in [3.8, 4) is 5.75 Å². The van der Waals surface area contributed by atoms with Gasteiger partial charge < -0.3 is 15.4 Å². The molecule has 0 fully saturated rings. The van der Waals surface area contributed by atoms with Crippen molar-refractivity contribution in [3.63, 3.8) is 0 Å². The van der Waals surface area contributed by atoms with Gasteiger partial charge in [-0.1, -0.05) is 27.5 Å². The van der Waals surface area contributed by atoms with Crippen LogP contribution in [0.25, 0.3) is 0 Å². The predicted octanol–water partition coefficient (Wildman–Crippen LogP) is 2.73. The summed E-state index contributed by atoms with van der Waals surface area (Å²) in [5, 5.41) is 5.78. The van der Waals surface area contributed by atoms with Crippen molar-refractivity contribution in [3.05, 3.63) is 27.7 Å². The molecule has 0 saturated carbocycles. The minimum absolute atomic E-state index is 0.0795. The minimum Gasteiger partial charge on any atom is -0.492 e. The van der Waals surface area contributed by atoms with Gasteiger partial charge in [0, 0.05) is 24.0 Å². The van der Waals surface area contributed by atoms with E-state index in [2.05, 4.69) is 26.6 Å². The third-order valence-electron chi connectivity index (χ3n) is 2.59. The summed E-state index contributed by atoms with van der Waals surface area (Å²) >= 11 is 14.7. The molecule has 0 aliphatic carbocycles. The summed E-state index contributed by atoms with van der Waals surface area (Å²) in [5.41, 5.74) is 0. The Hall–Kier alpha value is -0.980. The zero-order valence-corrected chi connectivity index (χ0v) is 14.9. The molecule has 5 nitrogen and oxygen atoms in total. The van der Waals surface area contributed by atoms with Gasteiger partial charge in [-0.15, -0.1) is 11.6 Å². The molecule has 1 aromatic rings. The predicted molar refractivity (Wildman–Crippen MR) is 90.6 cm³/mol. The lowest BCUT2D eigenvalue weighted by Crippen LogP contribution is -2.35. The first-order chi connectivity index (χ1) is 10.5. The first-order valence-electron chi connectivity index (χ1n) is 6.70. The van der Waals surface area contributed by atoms with Gasteiger partial charge in [-0.25, -0.2) is 0 Å². The summed E-state index contributed by atoms with van der Waals surface area (Å²) in [6, 6.07) is 5.35. The Kier molecular flexibility index (Phi) is 9.27. The van der Waals surface area contributed by atoms with Crippen molar-refractivity contribution in [2.24, 2.45) is 0 Å². The molecule has 0 heterocycles. The van der Waals surface area contributed by atoms with E-state index in [4.69, 9.17) is 27.9 Å². The molecule has 0 unspecified atom stereocenters. The number of carbonyl (C=O) groups excluding carboxylic acids is 2. The lowest BCUT2D eigenvalue weighted by Gasteiger charge is -2.09. The van der Waals surface area contributed by atoms with Gasteiger partial charge in [-0.2, -0.15) is 0 Å². The first kappa shape index (κ1) is 19.1. The third-order valence-corrected chi connectivity index (χ3v) is 3.62. The molecule has 2 amide bonds. The van der Waals surface area contributed by atoms with E-state index in [0.29, 0.717) is 43.3 Å². The highest BCUT2D eigenvalue weighted by atomic mass is 79.9. The molecule has 0 aliphatic heterocycles. The van der Waals surface area contributed by atoms with Crippen LogP contribution in [0.2, 0.25) is 5.02 Å². The van der Waals surface area contributed by atoms with Gasteiger partial charge in [0.2, 0.25) is 11.8 Å². The van der Waals surface area contributed by atoms with Gasteiger partial charge in [0.1, 0.15) is 11.6 Å². The summed E-state index contributed by atoms with van der Waals surface area (Å²) < 4.78 is 6.39. The van der Waals surface area contributed by atoms with E-state index in [0.717, 1.165) is 4.47 Å². The Bertz CT molecular complexity index is 515. The van der Waals surface area contributed by atoms with Crippen molar-refractivity contribution < 1.29 is 14.3 Å². The molecule has 0 aliphatic rings. The molecule has 0 spiro atoms. The minimum atomic E-state index is -0.254. The van der Waals surface area contributed by atoms with Crippen LogP contribution in [-0.2, 0) is 9.59 Å². The number of ether oxygens (including phenoxy) is 1. The van der Waals surface area contributed by atoms with Crippen molar-refractivity contribution >= 4 is 50.9 Å². The maximum absolute atomic E-state index is 11.5. The number of amides is 2. The molecule has 122 valence electrons. The number of nitrogens with one attached hydrogen (secondary N) is 2. The molecule has 2 N–H and O–H groups in total. The van der Waals surface area contributed by atoms with Crippen LogP contribution >= 0.6 is 39.1 Å². The van der Waals surface area contributed by atoms with Crippen molar-refractivity contribution in [1.29, 1.82) is 0 Å². The summed E-state index contributed by atoms with van der Waals surface area (Å²) in [6.07, 6.45) is 0.921. The smallest absolute Gasteiger partial charge is 0.234 e. The lowest BCUT2D eigenvalue weighted by molar-refractivity contribution is -0.122. The molecular formula is C14H17BrCl2N2O3. The average molecular weight is 412 g/mol. The number of rotatable bonds is 9. The van der Waals surface area contributed by atoms with Crippen LogP contribution in [0, 0.1) is 0 Å². The fraction of sp³-hybridized carbons (Fsp3) is 0.429. The van der Waals surface area contributed by atoms with Crippen molar-refractivity contribution in [2.45, 2.75) is 12.8 Å². The molecular weight excluding hydrogens is 395 g/mol. The molecule has 1 aromatic carbocycles. The van der Waals surface area contributed by atoms with Crippen molar-refractivity contribution in [2.75, 3.05) is 25.6 Å². The molecule has 0 radical (unpaired) electrons. The Morgan fingerprint density at radius 1 is 1.18 bits per heavy atom. The highest BCUT2D eigenvalue weighted by Gasteiger charge is 2.04. The van der Waals surface area contributed by atoms with Gasteiger partial charge in [-0.05, 0) is 24.6 Å². The van der Waals surface area contributed by atoms with Crippen molar-refractivity contribution in [1.82, 2.24) is 10.6 Å². The highest BCUT2D eigenvalue weighted by Crippen LogP contribution is 2.27. The summed E-state index contributed by atoms with van der Waals surface area (Å²) in [6.45, 7) is 1.14. The van der Waals surface area contributed by atoms with Gasteiger partial charge in [0.05, 0.1) is 11.6 Å². The monoisotopic (exact) mass is 410 g/mol. The summed E-state index contributed by atoms with van der Waals surface area (Å²) in [4.78, 5) is 22.4. The number of hydrogen-bond donors (Lipinski definition) is 2. The summed E-state index contributed by atoms with van der Waals surface area (Å²) in [7, 11) is 0. The van der Waals surface area contributed by atoms with Crippen LogP contribution in [0.4, 0.5) is 0 Å². The molecule has 0 aromatic heterocycles. The van der Waals surface area contributed by atoms with E-state index < -0.39 is 0 Å². The highest BCUT2D eigenvalue weighted by molar-refractivity contribution is 9.10. The van der Waals surface area contributed by atoms with Crippen LogP contribution < -0.4 is 15.4 Å². The lowest BCUT2D eigenvalue weighted by atomic mass is 10.3. The molecule has 22 heavy (non-hydrogen) atoms. The maximum Gasteiger partial charge on any atom is 0.234 e. The number of carbonyl (C=O) groups is 2. The van der Waals surface area contributed by atoms with Gasteiger partial charge in [-0.3, -0.25) is 9.59 Å². The van der Waals surface area contributed by atoms with Crippen LogP contribution in [0.3, 0.4) is 0 Å². The van der Waals surface area contributed by atoms with Gasteiger partial charge in [0.15, 0.2) is 0 Å². The van der Waals surface area contributed by atoms with Crippen LogP contribution in [0.15, 0.2) is 22.7 Å². The van der Waals surface area contributed by atoms with Crippen LogP contribution in [-0.4, -0.2) is 37.4 Å². The molecule has 0 atom stereocenters. The fourth-order valence-corrected chi connectivity index (χ4v) is 2.37. The van der Waals surface area contributed by atoms with Gasteiger partial charge >= 0.3 is 0 Å². The average Bonchev–Trinajstić information content (AvgIpc) is 2.49. The number of halogens is 3. The zero-order chi connectivity index (χ0) is 16.4. The number of benzene rings is 1. The SMILES string of the molecule is O=C(CCl)NCCNC(=O)CCCOc1ccc(Br)cc1Cl. The second-order valence-electron chi connectivity index (χ2n) is 4.36. The zero-order valence-electron chi connectivity index (χ0n) is 11.8. The number of alkyl halides is 1. The van der Waals surface area contributed by atoms with E-state index in [1.54, 1.807) is 12.1 Å². The van der Waals surface area contributed by atoms with E-state index in [-0.39, 0.29) is 17.7 Å². The van der Waals surface area contributed by atoms with Gasteiger partial charge in [0.25, 0.3) is 0 Å². The normalized spacial score (nSPS) is 10.1. The molecule has 8 heteroatoms. The molecule has 0 saturated heterocycles.